The lowest BCUT2D eigenvalue weighted by molar-refractivity contribution is 0.463. The summed E-state index contributed by atoms with van der Waals surface area (Å²) in [5.74, 6) is 0. The van der Waals surface area contributed by atoms with E-state index >= 15 is 0 Å². The second-order valence-corrected chi connectivity index (χ2v) is 6.24. The summed E-state index contributed by atoms with van der Waals surface area (Å²) < 4.78 is 28.2. The Bertz CT molecular complexity index is 447. The Kier molecular flexibility index (Phi) is 5.35. The Balaban J connectivity index is 2.69. The molecule has 1 heterocycles. The van der Waals surface area contributed by atoms with Gasteiger partial charge in [0.2, 0.25) is 0 Å². The Morgan fingerprint density at radius 1 is 1.47 bits per heavy atom. The van der Waals surface area contributed by atoms with E-state index in [0.29, 0.717) is 16.8 Å². The van der Waals surface area contributed by atoms with Gasteiger partial charge in [-0.05, 0) is 34.5 Å². The lowest BCUT2D eigenvalue weighted by Crippen LogP contribution is -2.33. The number of pyridine rings is 1. The number of aromatic nitrogens is 1. The van der Waals surface area contributed by atoms with Crippen molar-refractivity contribution in [2.75, 3.05) is 18.3 Å². The summed E-state index contributed by atoms with van der Waals surface area (Å²) >= 11 is 3.19. The van der Waals surface area contributed by atoms with Crippen LogP contribution in [0.1, 0.15) is 19.8 Å². The molecule has 5 nitrogen and oxygen atoms in total. The van der Waals surface area contributed by atoms with Crippen molar-refractivity contribution in [3.63, 3.8) is 0 Å². The highest BCUT2D eigenvalue weighted by Crippen LogP contribution is 2.13. The average Bonchev–Trinajstić information content (AvgIpc) is 2.28. The molecule has 0 saturated carbocycles. The van der Waals surface area contributed by atoms with Crippen LogP contribution in [-0.4, -0.2) is 31.3 Å². The van der Waals surface area contributed by atoms with E-state index in [1.54, 1.807) is 19.2 Å². The minimum Gasteiger partial charge on any atom is -0.269 e. The number of nitrogens with zero attached hydrogens (tertiary/aromatic N) is 2. The van der Waals surface area contributed by atoms with Crippen molar-refractivity contribution >= 4 is 31.8 Å². The van der Waals surface area contributed by atoms with Gasteiger partial charge < -0.3 is 0 Å². The van der Waals surface area contributed by atoms with Crippen LogP contribution in [0.15, 0.2) is 22.9 Å². The number of unbranched alkanes of at least 4 members (excludes halogenated alkanes) is 1. The number of hydrogen-bond donors (Lipinski definition) is 1. The maximum atomic E-state index is 11.9. The molecular formula is C10H16BrN3O2S. The number of anilines is 1. The van der Waals surface area contributed by atoms with Gasteiger partial charge in [0.25, 0.3) is 0 Å². The van der Waals surface area contributed by atoms with Gasteiger partial charge in [-0.15, -0.1) is 0 Å². The fraction of sp³-hybridized carbons (Fsp3) is 0.500. The molecule has 17 heavy (non-hydrogen) atoms. The smallest absolute Gasteiger partial charge is 0.269 e. The minimum absolute atomic E-state index is 0.455. The predicted molar refractivity (Wildman–Crippen MR) is 72.0 cm³/mol. The lowest BCUT2D eigenvalue weighted by atomic mass is 10.3. The van der Waals surface area contributed by atoms with E-state index in [1.807, 2.05) is 6.92 Å². The number of hydrogen-bond acceptors (Lipinski definition) is 3. The molecule has 7 heteroatoms. The van der Waals surface area contributed by atoms with Crippen molar-refractivity contribution in [3.05, 3.63) is 22.9 Å². The summed E-state index contributed by atoms with van der Waals surface area (Å²) in [6.07, 6.45) is 3.27. The molecule has 0 aliphatic heterocycles. The van der Waals surface area contributed by atoms with E-state index in [0.717, 1.165) is 12.8 Å². The molecule has 0 saturated heterocycles. The van der Waals surface area contributed by atoms with Gasteiger partial charge in [-0.3, -0.25) is 4.72 Å². The molecule has 0 aromatic carbocycles. The van der Waals surface area contributed by atoms with E-state index in [1.165, 1.54) is 10.5 Å². The topological polar surface area (TPSA) is 62.3 Å². The molecule has 0 aliphatic carbocycles. The number of halogens is 1. The van der Waals surface area contributed by atoms with Crippen LogP contribution in [0, 0.1) is 0 Å². The Morgan fingerprint density at radius 3 is 2.71 bits per heavy atom. The van der Waals surface area contributed by atoms with Gasteiger partial charge in [0.15, 0.2) is 0 Å². The zero-order valence-electron chi connectivity index (χ0n) is 9.85. The summed E-state index contributed by atoms with van der Waals surface area (Å²) in [6.45, 7) is 2.53. The first-order valence-corrected chi connectivity index (χ1v) is 7.54. The SMILES string of the molecule is CCCCN(C)S(=O)(=O)Nc1ccc(Br)nc1. The highest BCUT2D eigenvalue weighted by atomic mass is 79.9. The summed E-state index contributed by atoms with van der Waals surface area (Å²) in [7, 11) is -1.91. The van der Waals surface area contributed by atoms with Crippen molar-refractivity contribution < 1.29 is 8.42 Å². The molecule has 0 fully saturated rings. The van der Waals surface area contributed by atoms with Gasteiger partial charge in [0, 0.05) is 13.6 Å². The Morgan fingerprint density at radius 2 is 2.18 bits per heavy atom. The van der Waals surface area contributed by atoms with Crippen LogP contribution in [0.3, 0.4) is 0 Å². The normalized spacial score (nSPS) is 11.8. The number of rotatable bonds is 6. The van der Waals surface area contributed by atoms with Gasteiger partial charge in [0.05, 0.1) is 11.9 Å². The molecule has 0 atom stereocenters. The minimum atomic E-state index is -3.47. The van der Waals surface area contributed by atoms with Gasteiger partial charge in [-0.1, -0.05) is 13.3 Å². The first kappa shape index (κ1) is 14.4. The van der Waals surface area contributed by atoms with Crippen molar-refractivity contribution in [1.82, 2.24) is 9.29 Å². The van der Waals surface area contributed by atoms with Crippen LogP contribution in [0.4, 0.5) is 5.69 Å². The Hall–Kier alpha value is -0.660. The molecule has 0 bridgehead atoms. The van der Waals surface area contributed by atoms with Crippen LogP contribution in [0.25, 0.3) is 0 Å². The van der Waals surface area contributed by atoms with Crippen LogP contribution < -0.4 is 4.72 Å². The fourth-order valence-electron chi connectivity index (χ4n) is 1.16. The summed E-state index contributed by atoms with van der Waals surface area (Å²) in [6, 6.07) is 3.34. The van der Waals surface area contributed by atoms with E-state index in [9.17, 15) is 8.42 Å². The molecule has 0 spiro atoms. The molecule has 0 radical (unpaired) electrons. The molecule has 0 aliphatic rings. The molecule has 1 aromatic heterocycles. The maximum absolute atomic E-state index is 11.9. The van der Waals surface area contributed by atoms with Gasteiger partial charge in [-0.2, -0.15) is 12.7 Å². The highest BCUT2D eigenvalue weighted by molar-refractivity contribution is 9.10. The third kappa shape index (κ3) is 4.61. The second-order valence-electron chi connectivity index (χ2n) is 3.65. The molecular weight excluding hydrogens is 306 g/mol. The lowest BCUT2D eigenvalue weighted by Gasteiger charge is -2.17. The predicted octanol–water partition coefficient (Wildman–Crippen LogP) is 2.23. The second kappa shape index (κ2) is 6.32. The average molecular weight is 322 g/mol. The van der Waals surface area contributed by atoms with E-state index in [4.69, 9.17) is 0 Å². The van der Waals surface area contributed by atoms with Crippen LogP contribution in [-0.2, 0) is 10.2 Å². The van der Waals surface area contributed by atoms with Crippen LogP contribution in [0.5, 0.6) is 0 Å². The fourth-order valence-corrected chi connectivity index (χ4v) is 2.34. The first-order valence-electron chi connectivity index (χ1n) is 5.31. The molecule has 1 N–H and O–H groups in total. The monoisotopic (exact) mass is 321 g/mol. The van der Waals surface area contributed by atoms with Crippen LogP contribution in [0.2, 0.25) is 0 Å². The third-order valence-corrected chi connectivity index (χ3v) is 4.18. The maximum Gasteiger partial charge on any atom is 0.301 e. The van der Waals surface area contributed by atoms with Crippen molar-refractivity contribution in [3.8, 4) is 0 Å². The largest absolute Gasteiger partial charge is 0.301 e. The van der Waals surface area contributed by atoms with Crippen molar-refractivity contribution in [1.29, 1.82) is 0 Å². The van der Waals surface area contributed by atoms with Crippen molar-refractivity contribution in [2.45, 2.75) is 19.8 Å². The number of nitrogens with one attached hydrogen (secondary N) is 1. The van der Waals surface area contributed by atoms with E-state index in [-0.39, 0.29) is 0 Å². The standard InChI is InChI=1S/C10H16BrN3O2S/c1-3-4-7-14(2)17(15,16)13-9-5-6-10(11)12-8-9/h5-6,8,13H,3-4,7H2,1-2H3. The molecule has 1 aromatic rings. The zero-order valence-corrected chi connectivity index (χ0v) is 12.3. The van der Waals surface area contributed by atoms with Crippen molar-refractivity contribution in [2.24, 2.45) is 0 Å². The third-order valence-electron chi connectivity index (χ3n) is 2.21. The summed E-state index contributed by atoms with van der Waals surface area (Å²) in [5.41, 5.74) is 0.455. The highest BCUT2D eigenvalue weighted by Gasteiger charge is 2.16. The zero-order chi connectivity index (χ0) is 12.9. The Labute approximate surface area is 111 Å². The molecule has 1 rings (SSSR count). The van der Waals surface area contributed by atoms with Gasteiger partial charge in [-0.25, -0.2) is 4.98 Å². The van der Waals surface area contributed by atoms with Crippen LogP contribution >= 0.6 is 15.9 Å². The van der Waals surface area contributed by atoms with E-state index in [2.05, 4.69) is 25.6 Å². The molecule has 0 unspecified atom stereocenters. The summed E-state index contributed by atoms with van der Waals surface area (Å²) in [5, 5.41) is 0. The first-order chi connectivity index (χ1) is 7.95. The van der Waals surface area contributed by atoms with E-state index < -0.39 is 10.2 Å². The molecule has 96 valence electrons. The van der Waals surface area contributed by atoms with Gasteiger partial charge in [0.1, 0.15) is 4.60 Å². The van der Waals surface area contributed by atoms with Gasteiger partial charge >= 0.3 is 10.2 Å². The summed E-state index contributed by atoms with van der Waals surface area (Å²) in [4.78, 5) is 3.96. The molecule has 0 amide bonds. The quantitative estimate of drug-likeness (QED) is 0.817.